The number of hydrogen-bond acceptors (Lipinski definition) is 6. The van der Waals surface area contributed by atoms with E-state index in [1.54, 1.807) is 23.1 Å². The maximum Gasteiger partial charge on any atom is 0.387 e. The van der Waals surface area contributed by atoms with Gasteiger partial charge in [0, 0.05) is 29.1 Å². The van der Waals surface area contributed by atoms with Crippen LogP contribution in [0, 0.1) is 11.6 Å². The monoisotopic (exact) mass is 546 g/mol. The quantitative estimate of drug-likeness (QED) is 0.306. The molecule has 0 amide bonds. The number of benzene rings is 2. The van der Waals surface area contributed by atoms with E-state index in [1.807, 2.05) is 0 Å². The van der Waals surface area contributed by atoms with Gasteiger partial charge in [-0.1, -0.05) is 17.3 Å². The summed E-state index contributed by atoms with van der Waals surface area (Å²) in [6.45, 7) is -2.84. The van der Waals surface area contributed by atoms with Crippen molar-refractivity contribution in [2.24, 2.45) is 0 Å². The smallest absolute Gasteiger partial charge is 0.387 e. The van der Waals surface area contributed by atoms with Crippen LogP contribution >= 0.6 is 0 Å². The van der Waals surface area contributed by atoms with Crippen molar-refractivity contribution in [2.45, 2.75) is 75.8 Å². The van der Waals surface area contributed by atoms with Gasteiger partial charge in [-0.2, -0.15) is 8.78 Å². The van der Waals surface area contributed by atoms with Crippen molar-refractivity contribution in [1.29, 1.82) is 0 Å². The normalized spacial score (nSPS) is 22.5. The van der Waals surface area contributed by atoms with Crippen LogP contribution in [0.3, 0.4) is 0 Å². The van der Waals surface area contributed by atoms with E-state index >= 15 is 0 Å². The van der Waals surface area contributed by atoms with Gasteiger partial charge in [-0.15, -0.1) is 0 Å². The van der Waals surface area contributed by atoms with Crippen molar-refractivity contribution >= 4 is 11.7 Å². The number of hydrogen-bond donors (Lipinski definition) is 1. The standard InChI is InChI=1S/C28H26F4N2O5/c29-21-9-15(27(35)36)10-22(30)25(21)34-16-7-8-17(34)12-18(11-16)37-13-20-24(33-39-26(20)14-5-6-14)19-3-1-2-4-23(19)38-28(31)32/h1-4,9-10,14,16-18,28H,5-8,11-13H2,(H,35,36)/t16-,17+,18?. The molecule has 0 spiro atoms. The Balaban J connectivity index is 1.21. The first-order valence-electron chi connectivity index (χ1n) is 12.9. The topological polar surface area (TPSA) is 85.0 Å². The number of carboxylic acids is 1. The van der Waals surface area contributed by atoms with Crippen molar-refractivity contribution in [3.8, 4) is 17.0 Å². The van der Waals surface area contributed by atoms with Gasteiger partial charge in [0.05, 0.1) is 18.3 Å². The molecule has 1 unspecified atom stereocenters. The van der Waals surface area contributed by atoms with E-state index < -0.39 is 29.8 Å². The summed E-state index contributed by atoms with van der Waals surface area (Å²) in [4.78, 5) is 12.9. The predicted molar refractivity (Wildman–Crippen MR) is 131 cm³/mol. The molecule has 0 radical (unpaired) electrons. The Kier molecular flexibility index (Phi) is 6.70. The minimum absolute atomic E-state index is 0.00582. The van der Waals surface area contributed by atoms with Gasteiger partial charge < -0.3 is 24.0 Å². The molecular weight excluding hydrogens is 520 g/mol. The molecule has 1 saturated carbocycles. The molecule has 3 aromatic rings. The summed E-state index contributed by atoms with van der Waals surface area (Å²) in [7, 11) is 0. The number of carboxylic acid groups (broad SMARTS) is 1. The molecule has 1 aromatic heterocycles. The van der Waals surface area contributed by atoms with Gasteiger partial charge >= 0.3 is 12.6 Å². The van der Waals surface area contributed by atoms with Crippen molar-refractivity contribution in [3.05, 3.63) is 64.9 Å². The van der Waals surface area contributed by atoms with Crippen LogP contribution in [0.5, 0.6) is 5.75 Å². The van der Waals surface area contributed by atoms with Crippen molar-refractivity contribution < 1.29 is 41.5 Å². The van der Waals surface area contributed by atoms with E-state index in [0.717, 1.165) is 37.8 Å². The second-order valence-electron chi connectivity index (χ2n) is 10.3. The fraction of sp³-hybridized carbons (Fsp3) is 0.429. The van der Waals surface area contributed by atoms with Crippen LogP contribution in [0.1, 0.15) is 66.1 Å². The van der Waals surface area contributed by atoms with Gasteiger partial charge in [0.1, 0.15) is 34.5 Å². The number of halogens is 4. The number of aromatic carboxylic acids is 1. The summed E-state index contributed by atoms with van der Waals surface area (Å²) in [6, 6.07) is 7.77. The Labute approximate surface area is 221 Å². The van der Waals surface area contributed by atoms with Gasteiger partial charge in [0.2, 0.25) is 0 Å². The van der Waals surface area contributed by atoms with Crippen LogP contribution in [0.2, 0.25) is 0 Å². The predicted octanol–water partition coefficient (Wildman–Crippen LogP) is 6.51. The van der Waals surface area contributed by atoms with Crippen LogP contribution in [-0.2, 0) is 11.3 Å². The SMILES string of the molecule is O=C(O)c1cc(F)c(N2[C@@H]3CC[C@H]2CC(OCc2c(-c4ccccc4OC(F)F)noc2C2CC2)C3)c(F)c1. The van der Waals surface area contributed by atoms with Gasteiger partial charge in [-0.25, -0.2) is 13.6 Å². The van der Waals surface area contributed by atoms with Crippen molar-refractivity contribution in [3.63, 3.8) is 0 Å². The highest BCUT2D eigenvalue weighted by atomic mass is 19.3. The zero-order valence-corrected chi connectivity index (χ0v) is 20.8. The van der Waals surface area contributed by atoms with Crippen LogP contribution in [-0.4, -0.2) is 41.0 Å². The minimum atomic E-state index is -2.99. The largest absolute Gasteiger partial charge is 0.478 e. The fourth-order valence-corrected chi connectivity index (χ4v) is 5.97. The maximum absolute atomic E-state index is 14.9. The lowest BCUT2D eigenvalue weighted by atomic mass is 9.97. The van der Waals surface area contributed by atoms with Crippen LogP contribution < -0.4 is 9.64 Å². The van der Waals surface area contributed by atoms with E-state index in [2.05, 4.69) is 5.16 Å². The highest BCUT2D eigenvalue weighted by Gasteiger charge is 2.44. The Bertz CT molecular complexity index is 1360. The Morgan fingerprint density at radius 3 is 2.36 bits per heavy atom. The molecular formula is C28H26F4N2O5. The van der Waals surface area contributed by atoms with Gasteiger partial charge in [-0.3, -0.25) is 0 Å². The molecule has 6 rings (SSSR count). The average Bonchev–Trinajstić information content (AvgIpc) is 3.60. The number of piperidine rings is 1. The summed E-state index contributed by atoms with van der Waals surface area (Å²) >= 11 is 0. The molecule has 206 valence electrons. The molecule has 3 heterocycles. The number of para-hydroxylation sites is 1. The number of fused-ring (bicyclic) bond motifs is 2. The zero-order valence-electron chi connectivity index (χ0n) is 20.8. The lowest BCUT2D eigenvalue weighted by molar-refractivity contribution is -0.0494. The first-order valence-corrected chi connectivity index (χ1v) is 12.9. The molecule has 2 saturated heterocycles. The molecule has 11 heteroatoms. The van der Waals surface area contributed by atoms with Crippen LogP contribution in [0.15, 0.2) is 40.9 Å². The molecule has 1 N–H and O–H groups in total. The Morgan fingerprint density at radius 2 is 1.74 bits per heavy atom. The Hall–Kier alpha value is -3.60. The number of carbonyl (C=O) groups is 1. The van der Waals surface area contributed by atoms with E-state index in [-0.39, 0.29) is 42.1 Å². The zero-order chi connectivity index (χ0) is 27.3. The van der Waals surface area contributed by atoms with Gasteiger partial charge in [0.15, 0.2) is 0 Å². The number of ether oxygens (including phenoxy) is 2. The fourth-order valence-electron chi connectivity index (χ4n) is 5.97. The second-order valence-corrected chi connectivity index (χ2v) is 10.3. The molecule has 3 aliphatic rings. The molecule has 2 aliphatic heterocycles. The third-order valence-electron chi connectivity index (χ3n) is 7.80. The number of rotatable bonds is 9. The third kappa shape index (κ3) is 4.95. The lowest BCUT2D eigenvalue weighted by Crippen LogP contribution is -2.46. The molecule has 3 fully saturated rings. The summed E-state index contributed by atoms with van der Waals surface area (Å²) < 4.78 is 72.4. The van der Waals surface area contributed by atoms with E-state index in [9.17, 15) is 22.4 Å². The van der Waals surface area contributed by atoms with Crippen molar-refractivity contribution in [1.82, 2.24) is 5.16 Å². The molecule has 3 atom stereocenters. The van der Waals surface area contributed by atoms with Gasteiger partial charge in [0.25, 0.3) is 0 Å². The maximum atomic E-state index is 14.9. The number of nitrogens with zero attached hydrogens (tertiary/aromatic N) is 2. The highest BCUT2D eigenvalue weighted by molar-refractivity contribution is 5.88. The lowest BCUT2D eigenvalue weighted by Gasteiger charge is -2.40. The number of aromatic nitrogens is 1. The van der Waals surface area contributed by atoms with E-state index in [0.29, 0.717) is 35.4 Å². The first-order chi connectivity index (χ1) is 18.8. The summed E-state index contributed by atoms with van der Waals surface area (Å²) in [5.74, 6) is -2.30. The second kappa shape index (κ2) is 10.2. The average molecular weight is 547 g/mol. The number of anilines is 1. The third-order valence-corrected chi connectivity index (χ3v) is 7.80. The minimum Gasteiger partial charge on any atom is -0.478 e. The van der Waals surface area contributed by atoms with Crippen LogP contribution in [0.4, 0.5) is 23.2 Å². The Morgan fingerprint density at radius 1 is 1.08 bits per heavy atom. The summed E-state index contributed by atoms with van der Waals surface area (Å²) in [5.41, 5.74) is 0.850. The first kappa shape index (κ1) is 25.7. The van der Waals surface area contributed by atoms with E-state index in [4.69, 9.17) is 19.1 Å². The van der Waals surface area contributed by atoms with E-state index in [1.165, 1.54) is 6.07 Å². The summed E-state index contributed by atoms with van der Waals surface area (Å²) in [5, 5.41) is 13.3. The molecule has 1 aliphatic carbocycles. The molecule has 7 nitrogen and oxygen atoms in total. The molecule has 39 heavy (non-hydrogen) atoms. The molecule has 2 bridgehead atoms. The van der Waals surface area contributed by atoms with Crippen molar-refractivity contribution in [2.75, 3.05) is 4.90 Å². The number of alkyl halides is 2. The summed E-state index contributed by atoms with van der Waals surface area (Å²) in [6.07, 6.45) is 4.20. The van der Waals surface area contributed by atoms with Crippen LogP contribution in [0.25, 0.3) is 11.3 Å². The van der Waals surface area contributed by atoms with Gasteiger partial charge in [-0.05, 0) is 62.8 Å². The molecule has 2 aromatic carbocycles. The highest BCUT2D eigenvalue weighted by Crippen LogP contribution is 2.46.